The van der Waals surface area contributed by atoms with Gasteiger partial charge >= 0.3 is 5.97 Å². The van der Waals surface area contributed by atoms with E-state index in [2.05, 4.69) is 54.5 Å². The number of rotatable bonds is 10. The maximum absolute atomic E-state index is 12.4. The number of hydrogen-bond donors (Lipinski definition) is 5. The van der Waals surface area contributed by atoms with Crippen molar-refractivity contribution in [3.8, 4) is 51.7 Å². The fourth-order valence-electron chi connectivity index (χ4n) is 9.65. The minimum absolute atomic E-state index is 0.0268. The highest BCUT2D eigenvalue weighted by molar-refractivity contribution is 5.84. The van der Waals surface area contributed by atoms with Gasteiger partial charge in [-0.15, -0.1) is 0 Å². The van der Waals surface area contributed by atoms with E-state index in [0.29, 0.717) is 49.3 Å². The molecule has 1 fully saturated rings. The van der Waals surface area contributed by atoms with Gasteiger partial charge in [0.25, 0.3) is 0 Å². The van der Waals surface area contributed by atoms with E-state index in [-0.39, 0.29) is 41.6 Å². The maximum Gasteiger partial charge on any atom is 0.302 e. The van der Waals surface area contributed by atoms with Gasteiger partial charge in [-0.3, -0.25) is 4.79 Å². The largest absolute Gasteiger partial charge is 0.508 e. The zero-order valence-corrected chi connectivity index (χ0v) is 32.8. The molecule has 10 heteroatoms. The summed E-state index contributed by atoms with van der Waals surface area (Å²) in [6, 6.07) is 11.4. The van der Waals surface area contributed by atoms with Crippen LogP contribution in [0, 0.1) is 23.7 Å². The van der Waals surface area contributed by atoms with Crippen molar-refractivity contribution < 1.29 is 34.0 Å². The summed E-state index contributed by atoms with van der Waals surface area (Å²) in [6.45, 7) is 7.83. The third-order valence-electron chi connectivity index (χ3n) is 12.2. The Kier molecular flexibility index (Phi) is 10.4. The van der Waals surface area contributed by atoms with Crippen LogP contribution in [0.4, 0.5) is 0 Å². The molecule has 4 bridgehead atoms. The Morgan fingerprint density at radius 3 is 2.79 bits per heavy atom. The number of dihydropyridines is 1. The van der Waals surface area contributed by atoms with Gasteiger partial charge in [0.2, 0.25) is 0 Å². The average Bonchev–Trinajstić information content (AvgIpc) is 3.73. The maximum atomic E-state index is 12.4. The summed E-state index contributed by atoms with van der Waals surface area (Å²) in [6.07, 6.45) is 8.99. The minimum atomic E-state index is -0.568. The number of allylic oxidation sites excluding steroid dienone is 3. The second kappa shape index (κ2) is 15.4. The van der Waals surface area contributed by atoms with Crippen LogP contribution in [-0.4, -0.2) is 55.8 Å². The molecule has 1 spiro atoms. The number of phenolic OH excluding ortho intramolecular Hbond substituents is 2. The lowest BCUT2D eigenvalue weighted by atomic mass is 9.65. The third kappa shape index (κ3) is 7.19. The van der Waals surface area contributed by atoms with Crippen molar-refractivity contribution >= 4 is 5.97 Å². The molecule has 1 saturated carbocycles. The molecule has 0 radical (unpaired) electrons. The zero-order valence-electron chi connectivity index (χ0n) is 32.8. The van der Waals surface area contributed by atoms with Crippen molar-refractivity contribution in [2.24, 2.45) is 17.6 Å². The molecule has 5 aliphatic rings. The molecule has 10 nitrogen and oxygen atoms in total. The smallest absolute Gasteiger partial charge is 0.302 e. The summed E-state index contributed by atoms with van der Waals surface area (Å²) in [5.74, 6) is 9.05. The topological polar surface area (TPSA) is 145 Å². The van der Waals surface area contributed by atoms with Crippen molar-refractivity contribution in [1.82, 2.24) is 10.6 Å². The van der Waals surface area contributed by atoms with Crippen LogP contribution in [0.25, 0.3) is 11.1 Å². The number of esters is 1. The molecule has 8 rings (SSSR count). The molecule has 3 aromatic carbocycles. The van der Waals surface area contributed by atoms with Crippen molar-refractivity contribution in [2.45, 2.75) is 89.3 Å². The van der Waals surface area contributed by atoms with E-state index in [1.165, 1.54) is 6.92 Å². The molecule has 0 saturated heterocycles. The minimum Gasteiger partial charge on any atom is -0.508 e. The third-order valence-corrected chi connectivity index (χ3v) is 12.2. The number of nitrogens with one attached hydrogen (secondary N) is 2. The lowest BCUT2D eigenvalue weighted by molar-refractivity contribution is -0.141. The fraction of sp³-hybridized carbons (Fsp3) is 0.457. The number of carbonyl (C=O) groups is 1. The number of methoxy groups -OCH3 is 1. The first-order valence-corrected chi connectivity index (χ1v) is 20.0. The van der Waals surface area contributed by atoms with Gasteiger partial charge in [0.15, 0.2) is 11.5 Å². The van der Waals surface area contributed by atoms with Gasteiger partial charge < -0.3 is 45.5 Å². The van der Waals surface area contributed by atoms with E-state index in [4.69, 9.17) is 24.7 Å². The standard InChI is InChI=1S/C46H53N3O7/c1-26(2)13-15-48-16-17-54-39-22-35-29(20-38(39)52)6-5-7-37-30(8-11-41(47)49-37)18-28-12-14-46(23-28)24-31-19-32(51)21-40(53-4)42(31)34-10-9-33-36(25-55-27(3)50)44(35)56-45(33)43(34)46/h8-11,19-22,26,28,36,41,44,48-49,51-52H,6,12-18,23-25,47H2,1-4H3/t28-,36+,41?,44-,46-/m1/s1. The summed E-state index contributed by atoms with van der Waals surface area (Å²) in [4.78, 5) is 12.4. The SMILES string of the molecule is COc1cc(O)cc2c1-c1ccc3c4c1[C@@]1(CC[C@H](CC5=C(C#CCc6cc(O)c(OCCNCCC(C)C)cc6[C@@H](O4)[C@H]3COC(C)=O)NC(N)C=C5)C1)C2. The molecule has 1 unspecified atom stereocenters. The van der Waals surface area contributed by atoms with Gasteiger partial charge in [0.05, 0.1) is 24.9 Å². The van der Waals surface area contributed by atoms with Crippen LogP contribution >= 0.6 is 0 Å². The Morgan fingerprint density at radius 1 is 1.12 bits per heavy atom. The lowest BCUT2D eigenvalue weighted by Crippen LogP contribution is -2.37. The Bertz CT molecular complexity index is 2160. The molecule has 0 aromatic heterocycles. The molecule has 3 aliphatic heterocycles. The van der Waals surface area contributed by atoms with E-state index in [1.54, 1.807) is 19.2 Å². The fourth-order valence-corrected chi connectivity index (χ4v) is 9.65. The molecule has 56 heavy (non-hydrogen) atoms. The number of fused-ring (bicyclic) bond motifs is 6. The second-order valence-corrected chi connectivity index (χ2v) is 16.5. The van der Waals surface area contributed by atoms with Gasteiger partial charge in [0.1, 0.15) is 36.6 Å². The molecule has 294 valence electrons. The van der Waals surface area contributed by atoms with Crippen LogP contribution in [0.3, 0.4) is 0 Å². The molecular formula is C46H53N3O7. The lowest BCUT2D eigenvalue weighted by Gasteiger charge is -2.39. The van der Waals surface area contributed by atoms with Crippen LogP contribution in [0.15, 0.2) is 59.8 Å². The highest BCUT2D eigenvalue weighted by Gasteiger charge is 2.51. The van der Waals surface area contributed by atoms with Crippen molar-refractivity contribution in [3.05, 3.63) is 87.6 Å². The van der Waals surface area contributed by atoms with E-state index in [0.717, 1.165) is 94.6 Å². The highest BCUT2D eigenvalue weighted by atomic mass is 16.5. The van der Waals surface area contributed by atoms with E-state index in [1.807, 2.05) is 18.2 Å². The highest BCUT2D eigenvalue weighted by Crippen LogP contribution is 2.62. The zero-order chi connectivity index (χ0) is 39.1. The number of benzene rings is 3. The quantitative estimate of drug-likeness (QED) is 0.0850. The van der Waals surface area contributed by atoms with Gasteiger partial charge in [-0.2, -0.15) is 0 Å². The molecule has 0 amide bonds. The summed E-state index contributed by atoms with van der Waals surface area (Å²) in [7, 11) is 1.64. The molecule has 5 atom stereocenters. The Labute approximate surface area is 329 Å². The first-order chi connectivity index (χ1) is 27.0. The number of aromatic hydroxyl groups is 2. The molecular weight excluding hydrogens is 707 g/mol. The normalized spacial score (nSPS) is 24.0. The summed E-state index contributed by atoms with van der Waals surface area (Å²) < 4.78 is 25.2. The van der Waals surface area contributed by atoms with Crippen LogP contribution in [0.2, 0.25) is 0 Å². The Balaban J connectivity index is 1.29. The number of hydrogen-bond acceptors (Lipinski definition) is 10. The van der Waals surface area contributed by atoms with Gasteiger partial charge in [-0.25, -0.2) is 0 Å². The second-order valence-electron chi connectivity index (χ2n) is 16.5. The number of nitrogens with two attached hydrogens (primary N) is 1. The predicted octanol–water partition coefficient (Wildman–Crippen LogP) is 6.81. The van der Waals surface area contributed by atoms with Gasteiger partial charge in [0, 0.05) is 53.6 Å². The molecule has 6 N–H and O–H groups in total. The Morgan fingerprint density at radius 2 is 1.98 bits per heavy atom. The van der Waals surface area contributed by atoms with Gasteiger partial charge in [-0.05, 0) is 109 Å². The van der Waals surface area contributed by atoms with E-state index < -0.39 is 6.10 Å². The van der Waals surface area contributed by atoms with Crippen molar-refractivity contribution in [2.75, 3.05) is 33.4 Å². The number of phenols is 2. The summed E-state index contributed by atoms with van der Waals surface area (Å²) >= 11 is 0. The molecule has 3 aromatic rings. The van der Waals surface area contributed by atoms with Crippen LogP contribution in [0.5, 0.6) is 28.7 Å². The van der Waals surface area contributed by atoms with Gasteiger partial charge in [-0.1, -0.05) is 38.0 Å². The van der Waals surface area contributed by atoms with Crippen molar-refractivity contribution in [3.63, 3.8) is 0 Å². The number of ether oxygens (including phenoxy) is 4. The first kappa shape index (κ1) is 37.8. The average molecular weight is 760 g/mol. The van der Waals surface area contributed by atoms with Crippen molar-refractivity contribution in [1.29, 1.82) is 0 Å². The first-order valence-electron chi connectivity index (χ1n) is 20.0. The number of carbonyl (C=O) groups excluding carboxylic acids is 1. The van der Waals surface area contributed by atoms with E-state index >= 15 is 0 Å². The summed E-state index contributed by atoms with van der Waals surface area (Å²) in [5, 5.41) is 29.0. The molecule has 2 aliphatic carbocycles. The predicted molar refractivity (Wildman–Crippen MR) is 215 cm³/mol. The monoisotopic (exact) mass is 759 g/mol. The van der Waals surface area contributed by atoms with Crippen LogP contribution in [0.1, 0.15) is 92.7 Å². The van der Waals surface area contributed by atoms with Crippen LogP contribution < -0.4 is 30.6 Å². The van der Waals surface area contributed by atoms with E-state index in [9.17, 15) is 15.0 Å². The molecule has 3 heterocycles. The van der Waals surface area contributed by atoms with Crippen LogP contribution in [-0.2, 0) is 27.8 Å². The Hall–Kier alpha value is -5.11. The summed E-state index contributed by atoms with van der Waals surface area (Å²) in [5.41, 5.74) is 14.8.